The summed E-state index contributed by atoms with van der Waals surface area (Å²) < 4.78 is 38.1. The fourth-order valence-electron chi connectivity index (χ4n) is 3.14. The van der Waals surface area contributed by atoms with Crippen molar-refractivity contribution < 1.29 is 17.9 Å². The van der Waals surface area contributed by atoms with Crippen molar-refractivity contribution in [2.24, 2.45) is 5.92 Å². The van der Waals surface area contributed by atoms with Crippen molar-refractivity contribution in [2.45, 2.75) is 24.7 Å². The van der Waals surface area contributed by atoms with E-state index in [1.807, 2.05) is 31.2 Å². The summed E-state index contributed by atoms with van der Waals surface area (Å²) >= 11 is 0. The van der Waals surface area contributed by atoms with E-state index in [1.165, 1.54) is 0 Å². The third kappa shape index (κ3) is 4.19. The first-order valence-corrected chi connectivity index (χ1v) is 10.3. The number of methoxy groups -OCH3 is 1. The van der Waals surface area contributed by atoms with Crippen molar-refractivity contribution in [1.82, 2.24) is 4.31 Å². The molecule has 0 spiro atoms. The summed E-state index contributed by atoms with van der Waals surface area (Å²) in [6.07, 6.45) is 1.61. The summed E-state index contributed by atoms with van der Waals surface area (Å²) in [6.45, 7) is 3.70. The highest BCUT2D eigenvalue weighted by Crippen LogP contribution is 2.26. The smallest absolute Gasteiger partial charge is 0.243 e. The van der Waals surface area contributed by atoms with E-state index in [4.69, 9.17) is 9.47 Å². The Hall–Kier alpha value is -2.05. The third-order valence-corrected chi connectivity index (χ3v) is 6.75. The van der Waals surface area contributed by atoms with Crippen LogP contribution in [0.15, 0.2) is 53.4 Å². The van der Waals surface area contributed by atoms with Crippen LogP contribution in [0.1, 0.15) is 18.4 Å². The first kappa shape index (κ1) is 18.7. The topological polar surface area (TPSA) is 55.8 Å². The van der Waals surface area contributed by atoms with E-state index in [-0.39, 0.29) is 0 Å². The SMILES string of the molecule is COc1ccc(S(=O)(=O)N2CCC(COc3ccccc3C)CC2)cc1. The van der Waals surface area contributed by atoms with Gasteiger partial charge in [-0.2, -0.15) is 4.31 Å². The first-order valence-electron chi connectivity index (χ1n) is 8.83. The molecule has 0 radical (unpaired) electrons. The zero-order valence-corrected chi connectivity index (χ0v) is 16.0. The molecule has 5 nitrogen and oxygen atoms in total. The van der Waals surface area contributed by atoms with Gasteiger partial charge in [0.15, 0.2) is 0 Å². The second kappa shape index (κ2) is 8.10. The maximum Gasteiger partial charge on any atom is 0.243 e. The molecule has 0 bridgehead atoms. The van der Waals surface area contributed by atoms with Gasteiger partial charge < -0.3 is 9.47 Å². The molecule has 0 saturated carbocycles. The Morgan fingerprint density at radius 2 is 1.69 bits per heavy atom. The van der Waals surface area contributed by atoms with Crippen LogP contribution in [0.25, 0.3) is 0 Å². The standard InChI is InChI=1S/C20H25NO4S/c1-16-5-3-4-6-20(16)25-15-17-11-13-21(14-12-17)26(22,23)19-9-7-18(24-2)8-10-19/h3-10,17H,11-15H2,1-2H3. The van der Waals surface area contributed by atoms with Crippen LogP contribution in [0.4, 0.5) is 0 Å². The molecular weight excluding hydrogens is 350 g/mol. The fraction of sp³-hybridized carbons (Fsp3) is 0.400. The monoisotopic (exact) mass is 375 g/mol. The lowest BCUT2D eigenvalue weighted by Crippen LogP contribution is -2.39. The Labute approximate surface area is 155 Å². The van der Waals surface area contributed by atoms with E-state index >= 15 is 0 Å². The molecule has 1 aliphatic heterocycles. The van der Waals surface area contributed by atoms with Gasteiger partial charge in [-0.3, -0.25) is 0 Å². The molecule has 0 amide bonds. The third-order valence-electron chi connectivity index (χ3n) is 4.84. The highest BCUT2D eigenvalue weighted by molar-refractivity contribution is 7.89. The van der Waals surface area contributed by atoms with E-state index in [0.29, 0.717) is 36.3 Å². The maximum atomic E-state index is 12.8. The van der Waals surface area contributed by atoms with E-state index < -0.39 is 10.0 Å². The van der Waals surface area contributed by atoms with Gasteiger partial charge in [-0.05, 0) is 61.6 Å². The van der Waals surface area contributed by atoms with Gasteiger partial charge in [-0.25, -0.2) is 8.42 Å². The van der Waals surface area contributed by atoms with Gasteiger partial charge >= 0.3 is 0 Å². The zero-order valence-electron chi connectivity index (χ0n) is 15.2. The molecule has 0 unspecified atom stereocenters. The summed E-state index contributed by atoms with van der Waals surface area (Å²) in [7, 11) is -1.88. The molecular formula is C20H25NO4S. The van der Waals surface area contributed by atoms with Gasteiger partial charge in [0.25, 0.3) is 0 Å². The predicted molar refractivity (Wildman–Crippen MR) is 101 cm³/mol. The van der Waals surface area contributed by atoms with Crippen molar-refractivity contribution >= 4 is 10.0 Å². The number of nitrogens with zero attached hydrogens (tertiary/aromatic N) is 1. The second-order valence-corrected chi connectivity index (χ2v) is 8.54. The van der Waals surface area contributed by atoms with Crippen molar-refractivity contribution in [3.8, 4) is 11.5 Å². The van der Waals surface area contributed by atoms with Crippen LogP contribution in [-0.2, 0) is 10.0 Å². The van der Waals surface area contributed by atoms with Crippen LogP contribution >= 0.6 is 0 Å². The molecule has 26 heavy (non-hydrogen) atoms. The largest absolute Gasteiger partial charge is 0.497 e. The molecule has 6 heteroatoms. The minimum absolute atomic E-state index is 0.313. The number of piperidine rings is 1. The molecule has 1 saturated heterocycles. The maximum absolute atomic E-state index is 12.8. The van der Waals surface area contributed by atoms with E-state index in [2.05, 4.69) is 0 Å². The molecule has 0 aromatic heterocycles. The summed E-state index contributed by atoms with van der Waals surface area (Å²) in [5.74, 6) is 1.92. The Bertz CT molecular complexity index is 825. The summed E-state index contributed by atoms with van der Waals surface area (Å²) in [5.41, 5.74) is 1.12. The number of benzene rings is 2. The molecule has 1 aliphatic rings. The van der Waals surface area contributed by atoms with Crippen LogP contribution < -0.4 is 9.47 Å². The number of sulfonamides is 1. The molecule has 3 rings (SSSR count). The molecule has 0 atom stereocenters. The Balaban J connectivity index is 1.56. The van der Waals surface area contributed by atoms with Crippen molar-refractivity contribution in [1.29, 1.82) is 0 Å². The van der Waals surface area contributed by atoms with Crippen molar-refractivity contribution in [2.75, 3.05) is 26.8 Å². The van der Waals surface area contributed by atoms with Gasteiger partial charge in [0.05, 0.1) is 18.6 Å². The highest BCUT2D eigenvalue weighted by Gasteiger charge is 2.29. The quantitative estimate of drug-likeness (QED) is 0.776. The number of ether oxygens (including phenoxy) is 2. The number of hydrogen-bond donors (Lipinski definition) is 0. The van der Waals surface area contributed by atoms with E-state index in [0.717, 1.165) is 24.2 Å². The normalized spacial score (nSPS) is 16.4. The zero-order chi connectivity index (χ0) is 18.6. The van der Waals surface area contributed by atoms with E-state index in [1.54, 1.807) is 35.7 Å². The van der Waals surface area contributed by atoms with Gasteiger partial charge in [0.1, 0.15) is 11.5 Å². The van der Waals surface area contributed by atoms with Gasteiger partial charge in [0.2, 0.25) is 10.0 Å². The van der Waals surface area contributed by atoms with Crippen LogP contribution in [0.3, 0.4) is 0 Å². The lowest BCUT2D eigenvalue weighted by molar-refractivity contribution is 0.184. The van der Waals surface area contributed by atoms with Crippen molar-refractivity contribution in [3.05, 3.63) is 54.1 Å². The van der Waals surface area contributed by atoms with Crippen LogP contribution in [0.2, 0.25) is 0 Å². The summed E-state index contributed by atoms with van der Waals surface area (Å²) in [5, 5.41) is 0. The molecule has 1 heterocycles. The predicted octanol–water partition coefficient (Wildman–Crippen LogP) is 3.48. The second-order valence-electron chi connectivity index (χ2n) is 6.60. The molecule has 0 N–H and O–H groups in total. The van der Waals surface area contributed by atoms with E-state index in [9.17, 15) is 8.42 Å². The average molecular weight is 375 g/mol. The van der Waals surface area contributed by atoms with Gasteiger partial charge in [0, 0.05) is 13.1 Å². The first-order chi connectivity index (χ1) is 12.5. The molecule has 140 valence electrons. The summed E-state index contributed by atoms with van der Waals surface area (Å²) in [6, 6.07) is 14.5. The average Bonchev–Trinajstić information content (AvgIpc) is 2.68. The van der Waals surface area contributed by atoms with Gasteiger partial charge in [-0.15, -0.1) is 0 Å². The van der Waals surface area contributed by atoms with Crippen LogP contribution in [-0.4, -0.2) is 39.5 Å². The number of hydrogen-bond acceptors (Lipinski definition) is 4. The molecule has 2 aromatic rings. The lowest BCUT2D eigenvalue weighted by atomic mass is 9.99. The number of aryl methyl sites for hydroxylation is 1. The van der Waals surface area contributed by atoms with Crippen LogP contribution in [0, 0.1) is 12.8 Å². The Morgan fingerprint density at radius 3 is 2.31 bits per heavy atom. The minimum atomic E-state index is -3.45. The van der Waals surface area contributed by atoms with Gasteiger partial charge in [-0.1, -0.05) is 18.2 Å². The fourth-order valence-corrected chi connectivity index (χ4v) is 4.61. The molecule has 0 aliphatic carbocycles. The summed E-state index contributed by atoms with van der Waals surface area (Å²) in [4.78, 5) is 0.313. The number of rotatable bonds is 6. The highest BCUT2D eigenvalue weighted by atomic mass is 32.2. The number of para-hydroxylation sites is 1. The Kier molecular flexibility index (Phi) is 5.84. The van der Waals surface area contributed by atoms with Crippen LogP contribution in [0.5, 0.6) is 11.5 Å². The lowest BCUT2D eigenvalue weighted by Gasteiger charge is -2.31. The Morgan fingerprint density at radius 1 is 1.04 bits per heavy atom. The molecule has 2 aromatic carbocycles. The molecule has 1 fully saturated rings. The van der Waals surface area contributed by atoms with Crippen molar-refractivity contribution in [3.63, 3.8) is 0 Å². The minimum Gasteiger partial charge on any atom is -0.497 e.